The summed E-state index contributed by atoms with van der Waals surface area (Å²) >= 11 is 0. The van der Waals surface area contributed by atoms with Gasteiger partial charge in [-0.1, -0.05) is 0 Å². The number of benzene rings is 1. The number of carbonyl (C=O) groups excluding carboxylic acids is 2. The Morgan fingerprint density at radius 3 is 2.85 bits per heavy atom. The Balaban J connectivity index is 1.28. The van der Waals surface area contributed by atoms with Crippen molar-refractivity contribution in [2.75, 3.05) is 60.7 Å². The first-order chi connectivity index (χ1) is 19.0. The second-order valence-corrected chi connectivity index (χ2v) is 9.63. The summed E-state index contributed by atoms with van der Waals surface area (Å²) in [6.07, 6.45) is 7.09. The van der Waals surface area contributed by atoms with Crippen molar-refractivity contribution in [2.24, 2.45) is 4.99 Å². The predicted octanol–water partition coefficient (Wildman–Crippen LogP) is 3.08. The third kappa shape index (κ3) is 5.52. The number of aromatic nitrogens is 1. The average molecular weight is 532 g/mol. The van der Waals surface area contributed by atoms with Gasteiger partial charge in [-0.3, -0.25) is 14.6 Å². The molecular weight excluding hydrogens is 498 g/mol. The smallest absolute Gasteiger partial charge is 0.260 e. The lowest BCUT2D eigenvalue weighted by molar-refractivity contribution is -0.129. The van der Waals surface area contributed by atoms with E-state index in [9.17, 15) is 14.7 Å². The Bertz CT molecular complexity index is 1340. The molecule has 11 heteroatoms. The van der Waals surface area contributed by atoms with Gasteiger partial charge in [-0.2, -0.15) is 0 Å². The van der Waals surface area contributed by atoms with Crippen LogP contribution in [0.2, 0.25) is 0 Å². The van der Waals surface area contributed by atoms with Gasteiger partial charge in [0.1, 0.15) is 12.3 Å². The molecule has 1 aromatic carbocycles. The summed E-state index contributed by atoms with van der Waals surface area (Å²) in [4.78, 5) is 37.8. The van der Waals surface area contributed by atoms with E-state index < -0.39 is 5.91 Å². The van der Waals surface area contributed by atoms with Crippen LogP contribution in [0, 0.1) is 6.92 Å². The fourth-order valence-electron chi connectivity index (χ4n) is 5.14. The van der Waals surface area contributed by atoms with Gasteiger partial charge in [-0.05, 0) is 43.7 Å². The van der Waals surface area contributed by atoms with Crippen LogP contribution < -0.4 is 25.6 Å². The van der Waals surface area contributed by atoms with Gasteiger partial charge >= 0.3 is 0 Å². The van der Waals surface area contributed by atoms with Gasteiger partial charge < -0.3 is 35.6 Å². The highest BCUT2D eigenvalue weighted by atomic mass is 16.5. The molecule has 0 saturated carbocycles. The zero-order chi connectivity index (χ0) is 27.4. The number of fused-ring (bicyclic) bond motifs is 2. The van der Waals surface area contributed by atoms with Crippen LogP contribution in [0.25, 0.3) is 0 Å². The zero-order valence-corrected chi connectivity index (χ0v) is 22.1. The predicted molar refractivity (Wildman–Crippen MR) is 152 cm³/mol. The Morgan fingerprint density at radius 2 is 2.08 bits per heavy atom. The molecule has 2 fully saturated rings. The van der Waals surface area contributed by atoms with Crippen LogP contribution in [0.5, 0.6) is 5.88 Å². The monoisotopic (exact) mass is 531 g/mol. The molecule has 3 aliphatic rings. The van der Waals surface area contributed by atoms with Crippen LogP contribution in [0.3, 0.4) is 0 Å². The van der Waals surface area contributed by atoms with E-state index in [-0.39, 0.29) is 17.5 Å². The van der Waals surface area contributed by atoms with Crippen LogP contribution in [0.15, 0.2) is 59.1 Å². The fourth-order valence-corrected chi connectivity index (χ4v) is 5.14. The minimum atomic E-state index is -0.489. The summed E-state index contributed by atoms with van der Waals surface area (Å²) in [5.74, 6) is 0.293. The molecule has 2 saturated heterocycles. The molecule has 204 valence electrons. The van der Waals surface area contributed by atoms with E-state index in [1.54, 1.807) is 19.3 Å². The molecule has 4 heterocycles. The van der Waals surface area contributed by atoms with Crippen molar-refractivity contribution in [1.82, 2.24) is 9.88 Å². The number of aliphatic imine (C=N–C) groups is 1. The SMILES string of the molecule is CN=C/C=C(Nc1cnc2c(c1C)NCCO2)\C(=C\O)C(=O)Nc1ccc(N2CCN3C(=O)CCC3C2)cc1. The Morgan fingerprint density at radius 1 is 1.26 bits per heavy atom. The third-order valence-electron chi connectivity index (χ3n) is 7.25. The van der Waals surface area contributed by atoms with E-state index >= 15 is 0 Å². The lowest BCUT2D eigenvalue weighted by Crippen LogP contribution is -2.51. The van der Waals surface area contributed by atoms with Gasteiger partial charge in [0.2, 0.25) is 11.8 Å². The van der Waals surface area contributed by atoms with Crippen molar-refractivity contribution in [1.29, 1.82) is 0 Å². The molecular formula is C28H33N7O4. The summed E-state index contributed by atoms with van der Waals surface area (Å²) < 4.78 is 5.60. The van der Waals surface area contributed by atoms with Gasteiger partial charge in [0.15, 0.2) is 0 Å². The van der Waals surface area contributed by atoms with Gasteiger partial charge in [-0.25, -0.2) is 4.98 Å². The fraction of sp³-hybridized carbons (Fsp3) is 0.357. The summed E-state index contributed by atoms with van der Waals surface area (Å²) in [6.45, 7) is 5.46. The van der Waals surface area contributed by atoms with Crippen molar-refractivity contribution in [3.63, 3.8) is 0 Å². The molecule has 2 aromatic rings. The molecule has 1 atom stereocenters. The Labute approximate surface area is 227 Å². The van der Waals surface area contributed by atoms with Crippen molar-refractivity contribution >= 4 is 40.8 Å². The molecule has 2 amide bonds. The van der Waals surface area contributed by atoms with Crippen LogP contribution in [0.1, 0.15) is 18.4 Å². The quantitative estimate of drug-likeness (QED) is 0.186. The standard InChI is InChI=1S/C28H33N7O4/c1-18-24(15-31-28-26(18)30-11-14-39-28)33-23(9-10-29-2)22(17-36)27(38)32-19-3-5-20(6-4-19)34-12-13-35-21(16-34)7-8-25(35)37/h3-6,9-10,15,17,21,30,33,36H,7-8,11-14,16H2,1-2H3,(H,32,38)/b22-17-,23-9+,29-10?. The summed E-state index contributed by atoms with van der Waals surface area (Å²) in [7, 11) is 1.62. The van der Waals surface area contributed by atoms with E-state index in [4.69, 9.17) is 4.74 Å². The highest BCUT2D eigenvalue weighted by Gasteiger charge is 2.35. The van der Waals surface area contributed by atoms with Crippen LogP contribution in [-0.2, 0) is 9.59 Å². The number of pyridine rings is 1. The molecule has 11 nitrogen and oxygen atoms in total. The van der Waals surface area contributed by atoms with Crippen LogP contribution in [0.4, 0.5) is 22.7 Å². The second-order valence-electron chi connectivity index (χ2n) is 9.63. The maximum absolute atomic E-state index is 13.2. The number of hydrogen-bond donors (Lipinski definition) is 4. The van der Waals surface area contributed by atoms with Crippen molar-refractivity contribution in [2.45, 2.75) is 25.8 Å². The number of amides is 2. The number of carbonyl (C=O) groups is 2. The van der Waals surface area contributed by atoms with E-state index in [2.05, 4.69) is 30.8 Å². The Kier molecular flexibility index (Phi) is 7.67. The summed E-state index contributed by atoms with van der Waals surface area (Å²) in [6, 6.07) is 7.86. The molecule has 1 unspecified atom stereocenters. The van der Waals surface area contributed by atoms with Crippen LogP contribution in [-0.4, -0.2) is 78.9 Å². The Hall–Kier alpha value is -4.54. The normalized spacial score (nSPS) is 19.3. The number of anilines is 4. The number of rotatable bonds is 7. The van der Waals surface area contributed by atoms with Gasteiger partial charge in [0, 0.05) is 68.8 Å². The number of piperazine rings is 1. The molecule has 3 aliphatic heterocycles. The average Bonchev–Trinajstić information content (AvgIpc) is 3.33. The van der Waals surface area contributed by atoms with Gasteiger partial charge in [0.25, 0.3) is 5.91 Å². The van der Waals surface area contributed by atoms with E-state index in [0.29, 0.717) is 42.5 Å². The van der Waals surface area contributed by atoms with E-state index in [0.717, 1.165) is 49.3 Å². The van der Waals surface area contributed by atoms with E-state index in [1.807, 2.05) is 36.1 Å². The molecule has 5 rings (SSSR count). The molecule has 4 N–H and O–H groups in total. The van der Waals surface area contributed by atoms with E-state index in [1.165, 1.54) is 6.21 Å². The first kappa shape index (κ1) is 26.1. The number of aliphatic hydroxyl groups excluding tert-OH is 1. The van der Waals surface area contributed by atoms with Crippen molar-refractivity contribution in [3.8, 4) is 5.88 Å². The second kappa shape index (κ2) is 11.5. The first-order valence-corrected chi connectivity index (χ1v) is 13.0. The molecule has 0 spiro atoms. The van der Waals surface area contributed by atoms with Crippen molar-refractivity contribution < 1.29 is 19.4 Å². The largest absolute Gasteiger partial charge is 0.515 e. The van der Waals surface area contributed by atoms with Gasteiger partial charge in [-0.15, -0.1) is 0 Å². The molecule has 0 radical (unpaired) electrons. The summed E-state index contributed by atoms with van der Waals surface area (Å²) in [5, 5.41) is 19.4. The number of aliphatic hydroxyl groups is 1. The number of hydrogen-bond acceptors (Lipinski definition) is 9. The zero-order valence-electron chi connectivity index (χ0n) is 22.1. The molecule has 1 aromatic heterocycles. The molecule has 0 aliphatic carbocycles. The third-order valence-corrected chi connectivity index (χ3v) is 7.25. The van der Waals surface area contributed by atoms with Gasteiger partial charge in [0.05, 0.1) is 29.4 Å². The van der Waals surface area contributed by atoms with Crippen LogP contribution >= 0.6 is 0 Å². The maximum Gasteiger partial charge on any atom is 0.260 e. The molecule has 39 heavy (non-hydrogen) atoms. The minimum absolute atomic E-state index is 0.0299. The highest BCUT2D eigenvalue weighted by molar-refractivity contribution is 6.08. The topological polar surface area (TPSA) is 131 Å². The number of ether oxygens (including phenoxy) is 1. The lowest BCUT2D eigenvalue weighted by Gasteiger charge is -2.38. The molecule has 0 bridgehead atoms. The number of nitrogens with one attached hydrogen (secondary N) is 3. The van der Waals surface area contributed by atoms with Crippen molar-refractivity contribution in [3.05, 3.63) is 59.6 Å². The highest BCUT2D eigenvalue weighted by Crippen LogP contribution is 2.34. The number of nitrogens with zero attached hydrogens (tertiary/aromatic N) is 4. The minimum Gasteiger partial charge on any atom is -0.515 e. The first-order valence-electron chi connectivity index (χ1n) is 13.0. The number of allylic oxidation sites excluding steroid dienone is 1. The summed E-state index contributed by atoms with van der Waals surface area (Å²) in [5.41, 5.74) is 4.33. The maximum atomic E-state index is 13.2. The lowest BCUT2D eigenvalue weighted by atomic mass is 10.1.